The SMILES string of the molecule is COC(=O)C[C@H](NC(=O)C(C)CC(=O)NC1CCC(NC(=O)NC2CCCCC2C)CC1)C1CCC(OC)C(OC)C1. The van der Waals surface area contributed by atoms with Gasteiger partial charge in [-0.3, -0.25) is 14.4 Å². The summed E-state index contributed by atoms with van der Waals surface area (Å²) in [6.45, 7) is 3.94. The normalized spacial score (nSPS) is 31.2. The first kappa shape index (κ1) is 34.1. The van der Waals surface area contributed by atoms with E-state index in [0.29, 0.717) is 12.3 Å². The van der Waals surface area contributed by atoms with Gasteiger partial charge in [0.05, 0.1) is 25.7 Å². The molecule has 11 nitrogen and oxygen atoms in total. The van der Waals surface area contributed by atoms with Crippen molar-refractivity contribution in [2.45, 2.75) is 134 Å². The van der Waals surface area contributed by atoms with E-state index in [2.05, 4.69) is 28.2 Å². The van der Waals surface area contributed by atoms with Crippen LogP contribution in [0.5, 0.6) is 0 Å². The van der Waals surface area contributed by atoms with Crippen LogP contribution in [0.15, 0.2) is 0 Å². The monoisotopic (exact) mass is 594 g/mol. The fourth-order valence-electron chi connectivity index (χ4n) is 6.90. The summed E-state index contributed by atoms with van der Waals surface area (Å²) in [5.74, 6) is -0.821. The molecule has 4 amide bonds. The maximum absolute atomic E-state index is 13.1. The van der Waals surface area contributed by atoms with Crippen molar-refractivity contribution in [3.8, 4) is 0 Å². The van der Waals surface area contributed by atoms with Gasteiger partial charge in [0.1, 0.15) is 0 Å². The van der Waals surface area contributed by atoms with Crippen LogP contribution in [0, 0.1) is 17.8 Å². The third-order valence-corrected chi connectivity index (χ3v) is 9.68. The first-order valence-electron chi connectivity index (χ1n) is 15.9. The summed E-state index contributed by atoms with van der Waals surface area (Å²) in [6, 6.07) is -0.119. The van der Waals surface area contributed by atoms with Crippen LogP contribution in [0.25, 0.3) is 0 Å². The second kappa shape index (κ2) is 17.0. The van der Waals surface area contributed by atoms with E-state index in [-0.39, 0.29) is 72.9 Å². The smallest absolute Gasteiger partial charge is 0.315 e. The van der Waals surface area contributed by atoms with Gasteiger partial charge in [-0.05, 0) is 69.6 Å². The summed E-state index contributed by atoms with van der Waals surface area (Å²) in [7, 11) is 4.65. The Morgan fingerprint density at radius 1 is 0.762 bits per heavy atom. The molecule has 6 unspecified atom stereocenters. The van der Waals surface area contributed by atoms with Gasteiger partial charge in [0.25, 0.3) is 0 Å². The van der Waals surface area contributed by atoms with Gasteiger partial charge in [-0.1, -0.05) is 26.7 Å². The van der Waals surface area contributed by atoms with Crippen LogP contribution >= 0.6 is 0 Å². The van der Waals surface area contributed by atoms with Crippen molar-refractivity contribution >= 4 is 23.8 Å². The Labute approximate surface area is 251 Å². The molecule has 240 valence electrons. The van der Waals surface area contributed by atoms with E-state index in [9.17, 15) is 19.2 Å². The minimum Gasteiger partial charge on any atom is -0.469 e. The maximum atomic E-state index is 13.1. The summed E-state index contributed by atoms with van der Waals surface area (Å²) in [5.41, 5.74) is 0. The van der Waals surface area contributed by atoms with Gasteiger partial charge in [-0.2, -0.15) is 0 Å². The summed E-state index contributed by atoms with van der Waals surface area (Å²) < 4.78 is 16.0. The van der Waals surface area contributed by atoms with E-state index in [1.165, 1.54) is 20.0 Å². The number of carbonyl (C=O) groups excluding carboxylic acids is 4. The zero-order valence-electron chi connectivity index (χ0n) is 26.2. The van der Waals surface area contributed by atoms with Crippen molar-refractivity contribution in [3.05, 3.63) is 0 Å². The van der Waals surface area contributed by atoms with Gasteiger partial charge in [-0.25, -0.2) is 4.79 Å². The molecule has 3 rings (SSSR count). The van der Waals surface area contributed by atoms with E-state index >= 15 is 0 Å². The highest BCUT2D eigenvalue weighted by Gasteiger charge is 2.37. The van der Waals surface area contributed by atoms with E-state index < -0.39 is 12.0 Å². The highest BCUT2D eigenvalue weighted by molar-refractivity contribution is 5.86. The summed E-state index contributed by atoms with van der Waals surface area (Å²) >= 11 is 0. The summed E-state index contributed by atoms with van der Waals surface area (Å²) in [5, 5.41) is 12.4. The fraction of sp³-hybridized carbons (Fsp3) is 0.871. The number of carbonyl (C=O) groups is 4. The van der Waals surface area contributed by atoms with Crippen LogP contribution in [0.2, 0.25) is 0 Å². The molecule has 3 fully saturated rings. The predicted octanol–water partition coefficient (Wildman–Crippen LogP) is 3.20. The first-order valence-corrected chi connectivity index (χ1v) is 15.9. The van der Waals surface area contributed by atoms with Crippen LogP contribution in [0.1, 0.15) is 97.3 Å². The number of rotatable bonds is 12. The highest BCUT2D eigenvalue weighted by Crippen LogP contribution is 2.32. The molecule has 4 N–H and O–H groups in total. The van der Waals surface area contributed by atoms with Gasteiger partial charge < -0.3 is 35.5 Å². The summed E-state index contributed by atoms with van der Waals surface area (Å²) in [6.07, 6.45) is 9.98. The van der Waals surface area contributed by atoms with E-state index in [4.69, 9.17) is 14.2 Å². The lowest BCUT2D eigenvalue weighted by atomic mass is 9.79. The van der Waals surface area contributed by atoms with Crippen molar-refractivity contribution < 1.29 is 33.4 Å². The van der Waals surface area contributed by atoms with Crippen LogP contribution in [0.3, 0.4) is 0 Å². The average Bonchev–Trinajstić information content (AvgIpc) is 2.98. The second-order valence-electron chi connectivity index (χ2n) is 12.7. The molecule has 0 radical (unpaired) electrons. The largest absolute Gasteiger partial charge is 0.469 e. The lowest BCUT2D eigenvalue weighted by Gasteiger charge is -2.38. The van der Waals surface area contributed by atoms with Gasteiger partial charge in [0, 0.05) is 50.7 Å². The molecule has 0 aromatic rings. The number of hydrogen-bond acceptors (Lipinski definition) is 7. The predicted molar refractivity (Wildman–Crippen MR) is 159 cm³/mol. The zero-order valence-corrected chi connectivity index (χ0v) is 26.2. The fourth-order valence-corrected chi connectivity index (χ4v) is 6.90. The Morgan fingerprint density at radius 3 is 2.02 bits per heavy atom. The Morgan fingerprint density at radius 2 is 1.40 bits per heavy atom. The van der Waals surface area contributed by atoms with Gasteiger partial charge in [0.15, 0.2) is 0 Å². The number of methoxy groups -OCH3 is 3. The summed E-state index contributed by atoms with van der Waals surface area (Å²) in [4.78, 5) is 50.6. The van der Waals surface area contributed by atoms with Crippen LogP contribution in [-0.4, -0.2) is 81.5 Å². The number of ether oxygens (including phenoxy) is 3. The molecular weight excluding hydrogens is 540 g/mol. The molecule has 0 spiro atoms. The lowest BCUT2D eigenvalue weighted by molar-refractivity contribution is -0.142. The molecule has 0 aromatic heterocycles. The Hall–Kier alpha value is -2.40. The average molecular weight is 595 g/mol. The van der Waals surface area contributed by atoms with Crippen LogP contribution < -0.4 is 21.3 Å². The van der Waals surface area contributed by atoms with Crippen molar-refractivity contribution in [1.82, 2.24) is 21.3 Å². The van der Waals surface area contributed by atoms with Gasteiger partial charge in [-0.15, -0.1) is 0 Å². The number of esters is 1. The molecule has 0 aliphatic heterocycles. The number of urea groups is 1. The number of hydrogen-bond donors (Lipinski definition) is 4. The van der Waals surface area contributed by atoms with Crippen LogP contribution in [0.4, 0.5) is 4.79 Å². The van der Waals surface area contributed by atoms with Crippen molar-refractivity contribution in [3.63, 3.8) is 0 Å². The van der Waals surface area contributed by atoms with Crippen molar-refractivity contribution in [2.24, 2.45) is 17.8 Å². The molecule has 3 aliphatic rings. The van der Waals surface area contributed by atoms with Crippen LogP contribution in [-0.2, 0) is 28.6 Å². The molecular formula is C31H54N4O7. The standard InChI is InChI=1S/C31H54N4O7/c1-19-8-6-7-9-24(19)35-31(39)33-23-13-11-22(12-14-23)32-28(36)16-20(2)30(38)34-25(18-29(37)42-5)21-10-15-26(40-3)27(17-21)41-4/h19-27H,6-18H2,1-5H3,(H,32,36)(H,34,38)(H2,33,35,39)/t19?,20?,21?,22?,23?,24?,25-,26?,27?/m0/s1. The van der Waals surface area contributed by atoms with Crippen molar-refractivity contribution in [2.75, 3.05) is 21.3 Å². The molecule has 0 aromatic carbocycles. The zero-order chi connectivity index (χ0) is 30.6. The molecule has 7 atom stereocenters. The minimum atomic E-state index is -0.553. The molecule has 42 heavy (non-hydrogen) atoms. The topological polar surface area (TPSA) is 144 Å². The third kappa shape index (κ3) is 10.4. The first-order chi connectivity index (χ1) is 20.1. The molecule has 0 heterocycles. The van der Waals surface area contributed by atoms with E-state index in [1.807, 2.05) is 0 Å². The van der Waals surface area contributed by atoms with Gasteiger partial charge in [0.2, 0.25) is 11.8 Å². The number of amides is 4. The van der Waals surface area contributed by atoms with E-state index in [0.717, 1.165) is 51.4 Å². The Balaban J connectivity index is 1.41. The quantitative estimate of drug-likeness (QED) is 0.254. The lowest BCUT2D eigenvalue weighted by Crippen LogP contribution is -2.51. The Kier molecular flexibility index (Phi) is 13.8. The second-order valence-corrected chi connectivity index (χ2v) is 12.7. The molecule has 0 bridgehead atoms. The van der Waals surface area contributed by atoms with E-state index in [1.54, 1.807) is 21.1 Å². The third-order valence-electron chi connectivity index (χ3n) is 9.68. The van der Waals surface area contributed by atoms with Gasteiger partial charge >= 0.3 is 12.0 Å². The molecule has 0 saturated heterocycles. The van der Waals surface area contributed by atoms with Crippen molar-refractivity contribution in [1.29, 1.82) is 0 Å². The molecule has 3 aliphatic carbocycles. The highest BCUT2D eigenvalue weighted by atomic mass is 16.5. The molecule has 11 heteroatoms. The minimum absolute atomic E-state index is 0.0169. The number of nitrogens with one attached hydrogen (secondary N) is 4. The molecule has 3 saturated carbocycles. The Bertz CT molecular complexity index is 895. The maximum Gasteiger partial charge on any atom is 0.315 e.